The number of nitrogens with zero attached hydrogens (tertiary/aromatic N) is 4. The Labute approximate surface area is 126 Å². The summed E-state index contributed by atoms with van der Waals surface area (Å²) in [5.41, 5.74) is -1.67. The fourth-order valence-corrected chi connectivity index (χ4v) is 3.65. The van der Waals surface area contributed by atoms with Gasteiger partial charge in [0, 0.05) is 19.4 Å². The smallest absolute Gasteiger partial charge is 0.389 e. The van der Waals surface area contributed by atoms with Gasteiger partial charge in [-0.15, -0.1) is 0 Å². The van der Waals surface area contributed by atoms with Crippen molar-refractivity contribution in [3.8, 4) is 0 Å². The molecule has 1 aromatic rings. The standard InChI is InChI=1S/C12H16F2N4O3S/c1-11(2)6-8(17-21-11)22(19,20)12(13,14)10-9(7-4-5-7)15-18(3)16-10/h7H,4-6H2,1-3H3. The van der Waals surface area contributed by atoms with Crippen molar-refractivity contribution in [2.24, 2.45) is 12.2 Å². The maximum Gasteiger partial charge on any atom is 0.396 e. The summed E-state index contributed by atoms with van der Waals surface area (Å²) in [4.78, 5) is 5.88. The Morgan fingerprint density at radius 2 is 1.95 bits per heavy atom. The topological polar surface area (TPSA) is 86.4 Å². The summed E-state index contributed by atoms with van der Waals surface area (Å²) in [5.74, 6) is -0.150. The Morgan fingerprint density at radius 1 is 1.32 bits per heavy atom. The quantitative estimate of drug-likeness (QED) is 0.839. The molecule has 7 nitrogen and oxygen atoms in total. The molecule has 0 aromatic carbocycles. The molecule has 0 spiro atoms. The highest BCUT2D eigenvalue weighted by atomic mass is 32.2. The van der Waals surface area contributed by atoms with Gasteiger partial charge in [0.05, 0.1) is 5.69 Å². The fraction of sp³-hybridized carbons (Fsp3) is 0.750. The van der Waals surface area contributed by atoms with Crippen LogP contribution in [0.1, 0.15) is 50.4 Å². The maximum absolute atomic E-state index is 14.7. The van der Waals surface area contributed by atoms with Gasteiger partial charge in [-0.2, -0.15) is 23.8 Å². The average molecular weight is 334 g/mol. The van der Waals surface area contributed by atoms with Crippen LogP contribution >= 0.6 is 0 Å². The normalized spacial score (nSPS) is 21.6. The number of hydrogen-bond donors (Lipinski definition) is 0. The molecule has 0 bridgehead atoms. The Bertz CT molecular complexity index is 750. The van der Waals surface area contributed by atoms with Crippen LogP contribution in [-0.4, -0.2) is 34.1 Å². The van der Waals surface area contributed by atoms with Gasteiger partial charge in [-0.1, -0.05) is 5.16 Å². The second kappa shape index (κ2) is 4.46. The van der Waals surface area contributed by atoms with Gasteiger partial charge in [-0.25, -0.2) is 8.42 Å². The Kier molecular flexibility index (Phi) is 3.11. The van der Waals surface area contributed by atoms with E-state index in [1.54, 1.807) is 13.8 Å². The van der Waals surface area contributed by atoms with Gasteiger partial charge >= 0.3 is 5.25 Å². The Morgan fingerprint density at radius 3 is 2.45 bits per heavy atom. The molecule has 10 heteroatoms. The van der Waals surface area contributed by atoms with Crippen LogP contribution in [0.3, 0.4) is 0 Å². The van der Waals surface area contributed by atoms with Crippen LogP contribution in [0.4, 0.5) is 8.78 Å². The molecule has 122 valence electrons. The van der Waals surface area contributed by atoms with E-state index in [1.807, 2.05) is 0 Å². The third-order valence-electron chi connectivity index (χ3n) is 3.60. The molecule has 0 saturated heterocycles. The number of rotatable bonds is 3. The molecule has 0 unspecified atom stereocenters. The molecule has 2 aliphatic rings. The number of aryl methyl sites for hydroxylation is 1. The van der Waals surface area contributed by atoms with Gasteiger partial charge in [0.15, 0.2) is 10.7 Å². The van der Waals surface area contributed by atoms with E-state index in [2.05, 4.69) is 15.4 Å². The van der Waals surface area contributed by atoms with Gasteiger partial charge < -0.3 is 4.84 Å². The third kappa shape index (κ3) is 2.29. The van der Waals surface area contributed by atoms with E-state index >= 15 is 0 Å². The van der Waals surface area contributed by atoms with Gasteiger partial charge in [0.2, 0.25) is 0 Å². The number of hydrogen-bond acceptors (Lipinski definition) is 6. The molecule has 0 atom stereocenters. The molecule has 1 saturated carbocycles. The number of sulfone groups is 1. The van der Waals surface area contributed by atoms with Crippen LogP contribution < -0.4 is 0 Å². The van der Waals surface area contributed by atoms with Crippen LogP contribution in [-0.2, 0) is 27.0 Å². The van der Waals surface area contributed by atoms with E-state index in [4.69, 9.17) is 4.84 Å². The molecule has 1 fully saturated rings. The second-order valence-corrected chi connectivity index (χ2v) is 8.22. The first-order valence-corrected chi connectivity index (χ1v) is 8.32. The molecule has 1 aliphatic heterocycles. The molecule has 2 heterocycles. The van der Waals surface area contributed by atoms with Crippen molar-refractivity contribution >= 4 is 14.9 Å². The van der Waals surface area contributed by atoms with E-state index in [-0.39, 0.29) is 18.0 Å². The van der Waals surface area contributed by atoms with Crippen molar-refractivity contribution < 1.29 is 22.0 Å². The number of aromatic nitrogens is 3. The fourth-order valence-electron chi connectivity index (χ4n) is 2.28. The summed E-state index contributed by atoms with van der Waals surface area (Å²) >= 11 is 0. The summed E-state index contributed by atoms with van der Waals surface area (Å²) in [6.07, 6.45) is 1.21. The van der Waals surface area contributed by atoms with Crippen LogP contribution in [0.2, 0.25) is 0 Å². The predicted octanol–water partition coefficient (Wildman–Crippen LogP) is 1.67. The molecule has 0 radical (unpaired) electrons. The first-order chi connectivity index (χ1) is 10.0. The van der Waals surface area contributed by atoms with Crippen LogP contribution in [0.15, 0.2) is 5.16 Å². The minimum Gasteiger partial charge on any atom is -0.389 e. The summed E-state index contributed by atoms with van der Waals surface area (Å²) < 4.78 is 53.9. The number of halogens is 2. The van der Waals surface area contributed by atoms with Gasteiger partial charge in [-0.05, 0) is 26.7 Å². The van der Waals surface area contributed by atoms with Gasteiger partial charge in [0.25, 0.3) is 9.84 Å². The molecule has 0 amide bonds. The van der Waals surface area contributed by atoms with Crippen molar-refractivity contribution in [3.63, 3.8) is 0 Å². The molecule has 22 heavy (non-hydrogen) atoms. The SMILES string of the molecule is Cn1nc(C2CC2)c(C(F)(F)S(=O)(=O)C2=NOC(C)(C)C2)n1. The van der Waals surface area contributed by atoms with E-state index in [0.717, 1.165) is 4.80 Å². The molecular formula is C12H16F2N4O3S. The number of oxime groups is 1. The maximum atomic E-state index is 14.7. The minimum atomic E-state index is -5.00. The first-order valence-electron chi connectivity index (χ1n) is 6.84. The highest BCUT2D eigenvalue weighted by Gasteiger charge is 2.57. The van der Waals surface area contributed by atoms with Crippen LogP contribution in [0.25, 0.3) is 0 Å². The van der Waals surface area contributed by atoms with Crippen molar-refractivity contribution in [3.05, 3.63) is 11.4 Å². The van der Waals surface area contributed by atoms with Gasteiger partial charge in [0.1, 0.15) is 5.60 Å². The van der Waals surface area contributed by atoms with Gasteiger partial charge in [-0.3, -0.25) is 0 Å². The summed E-state index contributed by atoms with van der Waals surface area (Å²) in [7, 11) is -3.62. The second-order valence-electron chi connectivity index (χ2n) is 6.23. The molecule has 1 aliphatic carbocycles. The summed E-state index contributed by atoms with van der Waals surface area (Å²) in [5, 5.41) is 6.00. The first kappa shape index (κ1) is 15.3. The monoisotopic (exact) mass is 334 g/mol. The lowest BCUT2D eigenvalue weighted by molar-refractivity contribution is 0.0123. The summed E-state index contributed by atoms with van der Waals surface area (Å²) in [6, 6.07) is 0. The van der Waals surface area contributed by atoms with Crippen LogP contribution in [0.5, 0.6) is 0 Å². The molecule has 1 aromatic heterocycles. The average Bonchev–Trinajstić information content (AvgIpc) is 3.07. The lowest BCUT2D eigenvalue weighted by Crippen LogP contribution is -2.35. The van der Waals surface area contributed by atoms with Crippen molar-refractivity contribution in [2.45, 2.75) is 49.9 Å². The third-order valence-corrected chi connectivity index (χ3v) is 5.31. The van der Waals surface area contributed by atoms with Crippen molar-refractivity contribution in [1.82, 2.24) is 15.0 Å². The predicted molar refractivity (Wildman–Crippen MR) is 73.0 cm³/mol. The summed E-state index contributed by atoms with van der Waals surface area (Å²) in [6.45, 7) is 3.16. The molecular weight excluding hydrogens is 318 g/mol. The number of alkyl halides is 2. The van der Waals surface area contributed by atoms with E-state index in [0.29, 0.717) is 12.8 Å². The zero-order valence-corrected chi connectivity index (χ0v) is 13.2. The minimum absolute atomic E-state index is 0.0508. The highest BCUT2D eigenvalue weighted by molar-refractivity contribution is 8.06. The zero-order chi connectivity index (χ0) is 16.3. The Hall–Kier alpha value is -1.58. The van der Waals surface area contributed by atoms with E-state index in [1.165, 1.54) is 7.05 Å². The zero-order valence-electron chi connectivity index (χ0n) is 12.4. The van der Waals surface area contributed by atoms with E-state index < -0.39 is 31.4 Å². The van der Waals surface area contributed by atoms with E-state index in [9.17, 15) is 17.2 Å². The lowest BCUT2D eigenvalue weighted by Gasteiger charge is -2.16. The van der Waals surface area contributed by atoms with Crippen molar-refractivity contribution in [2.75, 3.05) is 0 Å². The van der Waals surface area contributed by atoms with Crippen molar-refractivity contribution in [1.29, 1.82) is 0 Å². The van der Waals surface area contributed by atoms with Crippen LogP contribution in [0, 0.1) is 0 Å². The molecule has 3 rings (SSSR count). The highest BCUT2D eigenvalue weighted by Crippen LogP contribution is 2.46. The molecule has 0 N–H and O–H groups in total. The lowest BCUT2D eigenvalue weighted by atomic mass is 10.1. The Balaban J connectivity index is 2.02. The largest absolute Gasteiger partial charge is 0.396 e.